The highest BCUT2D eigenvalue weighted by Crippen LogP contribution is 2.07. The Morgan fingerprint density at radius 3 is 2.85 bits per heavy atom. The molecule has 0 saturated carbocycles. The Morgan fingerprint density at radius 2 is 2.31 bits per heavy atom. The van der Waals surface area contributed by atoms with Crippen LogP contribution in [0.4, 0.5) is 0 Å². The number of nitrogens with zero attached hydrogens (tertiary/aromatic N) is 2. The Kier molecular flexibility index (Phi) is 2.89. The molecule has 7 heteroatoms. The van der Waals surface area contributed by atoms with Crippen LogP contribution >= 0.6 is 0 Å². The number of H-pyrrole nitrogens is 1. The molecule has 1 N–H and O–H groups in total. The number of nitrogens with one attached hydrogen (secondary N) is 1. The maximum absolute atomic E-state index is 11.1. The molecule has 1 aromatic heterocycles. The van der Waals surface area contributed by atoms with Crippen LogP contribution in [0.2, 0.25) is 0 Å². The van der Waals surface area contributed by atoms with E-state index in [2.05, 4.69) is 11.4 Å². The SMILES string of the molecule is CC(n1[c]n[nH]c(=O)c1=O)[S+](C)[O-]. The van der Waals surface area contributed by atoms with E-state index in [0.29, 0.717) is 0 Å². The molecule has 1 radical (unpaired) electrons. The van der Waals surface area contributed by atoms with Crippen LogP contribution in [0.1, 0.15) is 12.3 Å². The zero-order valence-corrected chi connectivity index (χ0v) is 7.92. The van der Waals surface area contributed by atoms with Gasteiger partial charge in [-0.3, -0.25) is 9.59 Å². The number of aromatic amines is 1. The normalized spacial score (nSPS) is 15.3. The standard InChI is InChI=1S/C6H8N3O3S/c1-4(13(2)12)9-3-7-8-5(10)6(9)11/h4H,1-2H3,(H,8,10). The summed E-state index contributed by atoms with van der Waals surface area (Å²) >= 11 is -1.24. The lowest BCUT2D eigenvalue weighted by atomic mass is 10.6. The first kappa shape index (κ1) is 10.0. The van der Waals surface area contributed by atoms with Gasteiger partial charge in [0.2, 0.25) is 6.33 Å². The summed E-state index contributed by atoms with van der Waals surface area (Å²) in [5.74, 6) is 0. The van der Waals surface area contributed by atoms with Gasteiger partial charge in [0.1, 0.15) is 0 Å². The first-order valence-electron chi connectivity index (χ1n) is 3.45. The van der Waals surface area contributed by atoms with E-state index in [9.17, 15) is 14.1 Å². The molecule has 2 atom stereocenters. The van der Waals surface area contributed by atoms with Crippen LogP contribution in [0, 0.1) is 6.33 Å². The molecule has 71 valence electrons. The Hall–Kier alpha value is -1.08. The van der Waals surface area contributed by atoms with Crippen LogP contribution in [0.15, 0.2) is 9.59 Å². The summed E-state index contributed by atoms with van der Waals surface area (Å²) < 4.78 is 11.9. The Morgan fingerprint density at radius 1 is 1.69 bits per heavy atom. The zero-order valence-electron chi connectivity index (χ0n) is 7.10. The van der Waals surface area contributed by atoms with E-state index in [1.54, 1.807) is 6.92 Å². The minimum absolute atomic E-state index is 0.595. The van der Waals surface area contributed by atoms with Gasteiger partial charge in [-0.25, -0.2) is 9.67 Å². The Balaban J connectivity index is 3.24. The van der Waals surface area contributed by atoms with Gasteiger partial charge in [-0.05, 0) is 11.2 Å². The Bertz CT molecular complexity index is 397. The molecule has 0 aliphatic carbocycles. The van der Waals surface area contributed by atoms with Gasteiger partial charge in [-0.1, -0.05) is 0 Å². The van der Waals surface area contributed by atoms with E-state index in [4.69, 9.17) is 0 Å². The van der Waals surface area contributed by atoms with Gasteiger partial charge >= 0.3 is 11.1 Å². The van der Waals surface area contributed by atoms with Gasteiger partial charge in [0, 0.05) is 6.92 Å². The predicted octanol–water partition coefficient (Wildman–Crippen LogP) is -1.37. The molecule has 0 spiro atoms. The van der Waals surface area contributed by atoms with Gasteiger partial charge in [0.25, 0.3) is 0 Å². The van der Waals surface area contributed by atoms with Gasteiger partial charge < -0.3 is 4.55 Å². The van der Waals surface area contributed by atoms with Crippen LogP contribution in [0.25, 0.3) is 0 Å². The fourth-order valence-corrected chi connectivity index (χ4v) is 1.17. The smallest absolute Gasteiger partial charge is 0.330 e. The van der Waals surface area contributed by atoms with Gasteiger partial charge in [-0.15, -0.1) is 5.10 Å². The summed E-state index contributed by atoms with van der Waals surface area (Å²) in [6.07, 6.45) is 3.70. The average molecular weight is 202 g/mol. The van der Waals surface area contributed by atoms with Crippen molar-refractivity contribution < 1.29 is 4.55 Å². The number of hydrogen-bond donors (Lipinski definition) is 1. The van der Waals surface area contributed by atoms with E-state index in [1.165, 1.54) is 6.26 Å². The maximum atomic E-state index is 11.1. The molecule has 0 amide bonds. The molecule has 0 bridgehead atoms. The van der Waals surface area contributed by atoms with Crippen molar-refractivity contribution >= 4 is 11.2 Å². The van der Waals surface area contributed by atoms with Crippen LogP contribution in [0.3, 0.4) is 0 Å². The lowest BCUT2D eigenvalue weighted by Crippen LogP contribution is -2.39. The zero-order chi connectivity index (χ0) is 10.0. The number of rotatable bonds is 2. The van der Waals surface area contributed by atoms with Crippen molar-refractivity contribution in [2.45, 2.75) is 12.3 Å². The van der Waals surface area contributed by atoms with Crippen molar-refractivity contribution in [2.24, 2.45) is 0 Å². The quantitative estimate of drug-likeness (QED) is 0.473. The van der Waals surface area contributed by atoms with Crippen LogP contribution < -0.4 is 11.1 Å². The largest absolute Gasteiger partial charge is 0.615 e. The van der Waals surface area contributed by atoms with Gasteiger partial charge in [0.15, 0.2) is 5.37 Å². The highest BCUT2D eigenvalue weighted by Gasteiger charge is 2.16. The van der Waals surface area contributed by atoms with Crippen LogP contribution in [-0.2, 0) is 11.2 Å². The maximum Gasteiger partial charge on any atom is 0.330 e. The van der Waals surface area contributed by atoms with E-state index >= 15 is 0 Å². The molecule has 6 nitrogen and oxygen atoms in total. The number of hydrogen-bond acceptors (Lipinski definition) is 4. The minimum atomic E-state index is -1.24. The second kappa shape index (κ2) is 3.75. The highest BCUT2D eigenvalue weighted by molar-refractivity contribution is 7.90. The first-order valence-corrected chi connectivity index (χ1v) is 5.07. The van der Waals surface area contributed by atoms with Crippen molar-refractivity contribution in [3.63, 3.8) is 0 Å². The monoisotopic (exact) mass is 202 g/mol. The topological polar surface area (TPSA) is 90.8 Å². The second-order valence-corrected chi connectivity index (χ2v) is 4.11. The van der Waals surface area contributed by atoms with Crippen LogP contribution in [-0.4, -0.2) is 25.6 Å². The minimum Gasteiger partial charge on any atom is -0.615 e. The fourth-order valence-electron chi connectivity index (χ4n) is 0.727. The van der Waals surface area contributed by atoms with E-state index in [0.717, 1.165) is 4.57 Å². The van der Waals surface area contributed by atoms with E-state index in [1.807, 2.05) is 5.10 Å². The summed E-state index contributed by atoms with van der Waals surface area (Å²) in [6.45, 7) is 1.55. The molecule has 13 heavy (non-hydrogen) atoms. The van der Waals surface area contributed by atoms with Gasteiger partial charge in [-0.2, -0.15) is 0 Å². The summed E-state index contributed by atoms with van der Waals surface area (Å²) in [6, 6.07) is 0. The van der Waals surface area contributed by atoms with Crippen LogP contribution in [0.5, 0.6) is 0 Å². The molecule has 0 aliphatic rings. The third kappa shape index (κ3) is 1.99. The molecule has 0 saturated heterocycles. The second-order valence-electron chi connectivity index (χ2n) is 2.43. The third-order valence-electron chi connectivity index (χ3n) is 1.57. The molecular weight excluding hydrogens is 194 g/mol. The van der Waals surface area contributed by atoms with Crippen molar-refractivity contribution in [3.8, 4) is 0 Å². The molecule has 1 aromatic rings. The van der Waals surface area contributed by atoms with E-state index < -0.39 is 27.7 Å². The predicted molar refractivity (Wildman–Crippen MR) is 46.7 cm³/mol. The summed E-state index contributed by atoms with van der Waals surface area (Å²) in [5, 5.41) is 4.66. The fraction of sp³-hybridized carbons (Fsp3) is 0.500. The molecule has 0 aromatic carbocycles. The molecule has 0 fully saturated rings. The van der Waals surface area contributed by atoms with Crippen molar-refractivity contribution in [2.75, 3.05) is 6.26 Å². The summed E-state index contributed by atoms with van der Waals surface area (Å²) in [4.78, 5) is 21.9. The van der Waals surface area contributed by atoms with Gasteiger partial charge in [0.05, 0.1) is 6.26 Å². The number of aromatic nitrogens is 3. The molecule has 2 unspecified atom stereocenters. The molecule has 1 rings (SSSR count). The van der Waals surface area contributed by atoms with E-state index in [-0.39, 0.29) is 0 Å². The summed E-state index contributed by atoms with van der Waals surface area (Å²) in [5.41, 5.74) is -1.63. The van der Waals surface area contributed by atoms with Crippen molar-refractivity contribution in [1.82, 2.24) is 14.8 Å². The van der Waals surface area contributed by atoms with Crippen molar-refractivity contribution in [1.29, 1.82) is 0 Å². The Labute approximate surface area is 76.8 Å². The summed E-state index contributed by atoms with van der Waals surface area (Å²) in [7, 11) is 0. The van der Waals surface area contributed by atoms with Crippen molar-refractivity contribution in [3.05, 3.63) is 27.0 Å². The molecular formula is C6H8N3O3S. The average Bonchev–Trinajstić information content (AvgIpc) is 2.08. The highest BCUT2D eigenvalue weighted by atomic mass is 32.2. The first-order chi connectivity index (χ1) is 6.04. The third-order valence-corrected chi connectivity index (χ3v) is 2.74. The molecule has 0 aliphatic heterocycles. The molecule has 1 heterocycles. The lowest BCUT2D eigenvalue weighted by molar-refractivity contribution is 0.548. The lowest BCUT2D eigenvalue weighted by Gasteiger charge is -2.14.